The van der Waals surface area contributed by atoms with Gasteiger partial charge in [0.2, 0.25) is 5.95 Å². The van der Waals surface area contributed by atoms with Crippen LogP contribution in [0.2, 0.25) is 0 Å². The van der Waals surface area contributed by atoms with Crippen molar-refractivity contribution in [2.24, 2.45) is 5.10 Å². The van der Waals surface area contributed by atoms with Crippen molar-refractivity contribution in [1.82, 2.24) is 15.0 Å². The van der Waals surface area contributed by atoms with E-state index in [4.69, 9.17) is 4.98 Å². The number of rotatable bonds is 5. The first-order valence-corrected chi connectivity index (χ1v) is 9.41. The summed E-state index contributed by atoms with van der Waals surface area (Å²) in [5.74, 6) is 0.172. The summed E-state index contributed by atoms with van der Waals surface area (Å²) in [7, 11) is 1.86. The van der Waals surface area contributed by atoms with Crippen molar-refractivity contribution in [2.75, 3.05) is 12.4 Å². The minimum atomic E-state index is -0.295. The highest BCUT2D eigenvalue weighted by molar-refractivity contribution is 6.05. The van der Waals surface area contributed by atoms with E-state index in [9.17, 15) is 4.39 Å². The lowest BCUT2D eigenvalue weighted by atomic mass is 9.94. The monoisotopic (exact) mass is 397 g/mol. The molecule has 0 spiro atoms. The summed E-state index contributed by atoms with van der Waals surface area (Å²) < 4.78 is 13.4. The van der Waals surface area contributed by atoms with Gasteiger partial charge >= 0.3 is 0 Å². The van der Waals surface area contributed by atoms with Crippen LogP contribution in [-0.4, -0.2) is 28.2 Å². The fraction of sp³-hybridized carbons (Fsp3) is 0.0417. The molecule has 1 N–H and O–H groups in total. The zero-order valence-electron chi connectivity index (χ0n) is 16.5. The number of para-hydroxylation sites is 1. The summed E-state index contributed by atoms with van der Waals surface area (Å²) in [6.07, 6.45) is 7.22. The maximum absolute atomic E-state index is 13.4. The van der Waals surface area contributed by atoms with Gasteiger partial charge in [0, 0.05) is 30.7 Å². The molecule has 2 aromatic carbocycles. The van der Waals surface area contributed by atoms with Gasteiger partial charge in [-0.05, 0) is 53.6 Å². The van der Waals surface area contributed by atoms with E-state index >= 15 is 0 Å². The topological polar surface area (TPSA) is 53.4 Å². The third-order valence-electron chi connectivity index (χ3n) is 4.62. The molecule has 0 radical (unpaired) electrons. The molecule has 148 valence electrons. The predicted molar refractivity (Wildman–Crippen MR) is 120 cm³/mol. The molecule has 0 fully saturated rings. The van der Waals surface area contributed by atoms with Crippen molar-refractivity contribution >= 4 is 29.0 Å². The Morgan fingerprint density at radius 1 is 1.03 bits per heavy atom. The molecule has 4 rings (SSSR count). The molecule has 1 aliphatic heterocycles. The van der Waals surface area contributed by atoms with E-state index in [0.717, 1.165) is 22.5 Å². The first kappa shape index (κ1) is 19.3. The van der Waals surface area contributed by atoms with Gasteiger partial charge < -0.3 is 5.32 Å². The molecule has 3 aromatic rings. The average molecular weight is 397 g/mol. The van der Waals surface area contributed by atoms with Crippen LogP contribution in [0.3, 0.4) is 0 Å². The van der Waals surface area contributed by atoms with Gasteiger partial charge in [0.05, 0.1) is 11.4 Å². The average Bonchev–Trinajstić information content (AvgIpc) is 2.77. The van der Waals surface area contributed by atoms with Gasteiger partial charge in [0.25, 0.3) is 0 Å². The molecule has 2 heterocycles. The fourth-order valence-electron chi connectivity index (χ4n) is 3.13. The molecular formula is C24H20FN5. The lowest BCUT2D eigenvalue weighted by Gasteiger charge is -2.23. The van der Waals surface area contributed by atoms with Crippen molar-refractivity contribution in [3.05, 3.63) is 108 Å². The predicted octanol–water partition coefficient (Wildman–Crippen LogP) is 5.27. The second-order valence-corrected chi connectivity index (χ2v) is 6.65. The summed E-state index contributed by atoms with van der Waals surface area (Å²) in [5.41, 5.74) is 4.70. The van der Waals surface area contributed by atoms with Crippen LogP contribution in [0.25, 0.3) is 11.1 Å². The van der Waals surface area contributed by atoms with E-state index in [2.05, 4.69) is 22.0 Å². The summed E-state index contributed by atoms with van der Waals surface area (Å²) >= 11 is 0. The van der Waals surface area contributed by atoms with Gasteiger partial charge in [-0.2, -0.15) is 5.10 Å². The molecule has 0 saturated carbocycles. The van der Waals surface area contributed by atoms with Crippen LogP contribution in [0.1, 0.15) is 11.3 Å². The second kappa shape index (κ2) is 8.53. The molecule has 0 aliphatic carbocycles. The van der Waals surface area contributed by atoms with Gasteiger partial charge in [0.1, 0.15) is 5.82 Å². The van der Waals surface area contributed by atoms with Crippen LogP contribution < -0.4 is 5.32 Å². The Labute approximate surface area is 174 Å². The number of hydrogen-bond acceptors (Lipinski definition) is 5. The van der Waals surface area contributed by atoms with Crippen LogP contribution in [0.5, 0.6) is 0 Å². The maximum Gasteiger partial charge on any atom is 0.227 e. The van der Waals surface area contributed by atoms with Crippen molar-refractivity contribution in [1.29, 1.82) is 0 Å². The number of allylic oxidation sites excluding steroid dienone is 4. The van der Waals surface area contributed by atoms with Gasteiger partial charge in [-0.15, -0.1) is 0 Å². The minimum Gasteiger partial charge on any atom is -0.324 e. The van der Waals surface area contributed by atoms with Crippen LogP contribution in [-0.2, 0) is 0 Å². The normalized spacial score (nSPS) is 14.5. The molecule has 5 nitrogen and oxygen atoms in total. The van der Waals surface area contributed by atoms with Crippen molar-refractivity contribution in [3.63, 3.8) is 0 Å². The van der Waals surface area contributed by atoms with Gasteiger partial charge in [-0.1, -0.05) is 36.9 Å². The van der Waals surface area contributed by atoms with Gasteiger partial charge in [0.15, 0.2) is 0 Å². The lowest BCUT2D eigenvalue weighted by molar-refractivity contribution is 0.463. The zero-order valence-corrected chi connectivity index (χ0v) is 16.5. The Bertz CT molecular complexity index is 1150. The summed E-state index contributed by atoms with van der Waals surface area (Å²) in [5, 5.41) is 9.32. The minimum absolute atomic E-state index is 0.295. The highest BCUT2D eigenvalue weighted by atomic mass is 19.1. The van der Waals surface area contributed by atoms with Crippen LogP contribution >= 0.6 is 0 Å². The molecule has 0 bridgehead atoms. The van der Waals surface area contributed by atoms with E-state index in [1.807, 2.05) is 55.6 Å². The molecule has 1 aliphatic rings. The Morgan fingerprint density at radius 2 is 1.80 bits per heavy atom. The van der Waals surface area contributed by atoms with Crippen LogP contribution in [0.15, 0.2) is 96.4 Å². The lowest BCUT2D eigenvalue weighted by Crippen LogP contribution is -2.15. The number of aromatic nitrogens is 2. The summed E-state index contributed by atoms with van der Waals surface area (Å²) in [6, 6.07) is 17.8. The number of hydrogen-bond donors (Lipinski definition) is 1. The first-order valence-electron chi connectivity index (χ1n) is 9.41. The van der Waals surface area contributed by atoms with Crippen LogP contribution in [0.4, 0.5) is 16.0 Å². The molecule has 1 aromatic heterocycles. The number of halogens is 1. The molecule has 0 unspecified atom stereocenters. The number of nitrogens with one attached hydrogen (secondary N) is 1. The maximum atomic E-state index is 13.4. The second-order valence-electron chi connectivity index (χ2n) is 6.65. The number of anilines is 2. The number of benzene rings is 2. The van der Waals surface area contributed by atoms with E-state index in [0.29, 0.717) is 17.2 Å². The van der Waals surface area contributed by atoms with Crippen molar-refractivity contribution in [3.8, 4) is 0 Å². The highest BCUT2D eigenvalue weighted by Crippen LogP contribution is 2.34. The molecule has 6 heteroatoms. The van der Waals surface area contributed by atoms with Gasteiger partial charge in [-0.3, -0.25) is 5.01 Å². The quantitative estimate of drug-likeness (QED) is 0.637. The number of nitrogens with zero attached hydrogens (tertiary/aromatic N) is 4. The Kier molecular flexibility index (Phi) is 5.48. The number of likely N-dealkylation sites (N-methyl/N-ethyl adjacent to an activating group) is 1. The number of hydrazone groups is 1. The molecule has 0 atom stereocenters. The third-order valence-corrected chi connectivity index (χ3v) is 4.62. The first-order chi connectivity index (χ1) is 14.6. The van der Waals surface area contributed by atoms with E-state index in [1.54, 1.807) is 29.6 Å². The summed E-state index contributed by atoms with van der Waals surface area (Å²) in [4.78, 5) is 9.05. The molecule has 0 amide bonds. The van der Waals surface area contributed by atoms with Gasteiger partial charge in [-0.25, -0.2) is 14.4 Å². The molecular weight excluding hydrogens is 377 g/mol. The van der Waals surface area contributed by atoms with E-state index < -0.39 is 0 Å². The Balaban J connectivity index is 1.79. The largest absolute Gasteiger partial charge is 0.324 e. The van der Waals surface area contributed by atoms with E-state index in [1.165, 1.54) is 12.1 Å². The highest BCUT2D eigenvalue weighted by Gasteiger charge is 2.19. The Morgan fingerprint density at radius 3 is 2.53 bits per heavy atom. The molecule has 30 heavy (non-hydrogen) atoms. The summed E-state index contributed by atoms with van der Waals surface area (Å²) in [6.45, 7) is 4.28. The molecule has 0 saturated heterocycles. The van der Waals surface area contributed by atoms with Crippen molar-refractivity contribution in [2.45, 2.75) is 0 Å². The van der Waals surface area contributed by atoms with Crippen molar-refractivity contribution < 1.29 is 4.39 Å². The fourth-order valence-corrected chi connectivity index (χ4v) is 3.13. The third kappa shape index (κ3) is 4.17. The Hall–Kier alpha value is -4.06. The van der Waals surface area contributed by atoms with E-state index in [-0.39, 0.29) is 5.82 Å². The van der Waals surface area contributed by atoms with Crippen LogP contribution in [0, 0.1) is 5.82 Å². The smallest absolute Gasteiger partial charge is 0.227 e. The standard InChI is InChI=1S/C24H20FN5/c1-17(18-10-12-19(25)13-11-18)23(22-9-6-15-27-30(22)2)21-14-16-26-24(29-21)28-20-7-4-3-5-8-20/h3-16H,1H2,2H3,(H,26,28,29)/b23-22+. The zero-order chi connectivity index (χ0) is 20.9. The SMILES string of the molecule is C=C(/C(=C1/C=CC=NN1C)c1ccnc(Nc2ccccc2)n1)c1ccc(F)cc1.